The molecule has 0 saturated carbocycles. The molecule has 2 aromatic rings. The molecule has 194 valence electrons. The van der Waals surface area contributed by atoms with E-state index in [1.165, 1.54) is 12.1 Å². The van der Waals surface area contributed by atoms with Gasteiger partial charge in [0.05, 0.1) is 30.8 Å². The van der Waals surface area contributed by atoms with E-state index in [2.05, 4.69) is 5.32 Å². The minimum Gasteiger partial charge on any atom is -0.493 e. The molecule has 0 saturated heterocycles. The lowest BCUT2D eigenvalue weighted by Gasteiger charge is -2.37. The van der Waals surface area contributed by atoms with Crippen LogP contribution in [0.2, 0.25) is 0 Å². The topological polar surface area (TPSA) is 117 Å². The van der Waals surface area contributed by atoms with E-state index < -0.39 is 16.8 Å². The Bertz CT molecular complexity index is 1330. The van der Waals surface area contributed by atoms with E-state index in [1.807, 2.05) is 18.2 Å². The number of non-ortho nitro benzene ring substituents is 1. The number of esters is 1. The van der Waals surface area contributed by atoms with E-state index in [1.54, 1.807) is 47.1 Å². The maximum Gasteiger partial charge on any atom is 0.337 e. The summed E-state index contributed by atoms with van der Waals surface area (Å²) in [6.07, 6.45) is 0.365. The number of allylic oxidation sites excluding steroid dienone is 3. The first-order chi connectivity index (χ1) is 17.6. The van der Waals surface area contributed by atoms with Crippen LogP contribution in [0.5, 0.6) is 11.5 Å². The van der Waals surface area contributed by atoms with Crippen LogP contribution in [0.15, 0.2) is 65.0 Å². The molecular formula is C28H30N2O7. The number of Topliss-reactive ketones (excluding diaryl/α,β-unsaturated/α-hetero) is 1. The molecule has 9 heteroatoms. The summed E-state index contributed by atoms with van der Waals surface area (Å²) >= 11 is 0. The largest absolute Gasteiger partial charge is 0.493 e. The lowest BCUT2D eigenvalue weighted by Crippen LogP contribution is -2.36. The van der Waals surface area contributed by atoms with Crippen LogP contribution >= 0.6 is 0 Å². The fourth-order valence-corrected chi connectivity index (χ4v) is 5.08. The number of nitrogens with one attached hydrogen (secondary N) is 1. The number of methoxy groups -OCH3 is 2. The summed E-state index contributed by atoms with van der Waals surface area (Å²) < 4.78 is 16.3. The monoisotopic (exact) mass is 506 g/mol. The number of ketones is 1. The van der Waals surface area contributed by atoms with E-state index >= 15 is 0 Å². The average Bonchev–Trinajstić information content (AvgIpc) is 2.86. The van der Waals surface area contributed by atoms with Gasteiger partial charge < -0.3 is 19.5 Å². The smallest absolute Gasteiger partial charge is 0.337 e. The fourth-order valence-electron chi connectivity index (χ4n) is 5.08. The van der Waals surface area contributed by atoms with Gasteiger partial charge in [-0.2, -0.15) is 0 Å². The number of hydrogen-bond acceptors (Lipinski definition) is 8. The second kappa shape index (κ2) is 10.5. The molecule has 0 spiro atoms. The van der Waals surface area contributed by atoms with Crippen LogP contribution in [-0.4, -0.2) is 37.0 Å². The number of ether oxygens (including phenoxy) is 3. The standard InChI is InChI=1S/C28H30N2O7/c1-15(2)37-28(32)25-16(3)29-21-12-19(17-9-10-23(35-4)24(14-17)36-5)13-22(31)27(21)26(25)18-7-6-8-20(11-18)30(33)34/h6-11,14-15,19,26,29H,12-13H2,1-5H3/t19-,26+/m0/s1. The number of carbonyl (C=O) groups excluding carboxylic acids is 2. The molecule has 1 heterocycles. The Morgan fingerprint density at radius 3 is 2.43 bits per heavy atom. The number of hydrogen-bond donors (Lipinski definition) is 1. The maximum atomic E-state index is 13.7. The van der Waals surface area contributed by atoms with E-state index in [0.717, 1.165) is 5.56 Å². The van der Waals surface area contributed by atoms with Gasteiger partial charge in [0.2, 0.25) is 0 Å². The Morgan fingerprint density at radius 1 is 1.05 bits per heavy atom. The summed E-state index contributed by atoms with van der Waals surface area (Å²) in [5.74, 6) is -0.414. The molecule has 0 unspecified atom stereocenters. The summed E-state index contributed by atoms with van der Waals surface area (Å²) in [5.41, 5.74) is 3.30. The van der Waals surface area contributed by atoms with E-state index in [-0.39, 0.29) is 35.5 Å². The van der Waals surface area contributed by atoms with Crippen molar-refractivity contribution in [3.05, 3.63) is 86.2 Å². The Kier molecular flexibility index (Phi) is 7.33. The van der Waals surface area contributed by atoms with Crippen LogP contribution in [0.4, 0.5) is 5.69 Å². The Labute approximate surface area is 215 Å². The molecule has 0 fully saturated rings. The van der Waals surface area contributed by atoms with Gasteiger partial charge >= 0.3 is 5.97 Å². The molecule has 0 amide bonds. The first-order valence-corrected chi connectivity index (χ1v) is 12.1. The Morgan fingerprint density at radius 2 is 1.78 bits per heavy atom. The number of dihydropyridines is 1. The molecule has 1 aliphatic heterocycles. The van der Waals surface area contributed by atoms with Crippen molar-refractivity contribution in [3.8, 4) is 11.5 Å². The van der Waals surface area contributed by atoms with Crippen molar-refractivity contribution in [2.24, 2.45) is 0 Å². The van der Waals surface area contributed by atoms with Gasteiger partial charge in [-0.15, -0.1) is 0 Å². The molecule has 4 rings (SSSR count). The molecule has 0 aromatic heterocycles. The summed E-state index contributed by atoms with van der Waals surface area (Å²) in [6.45, 7) is 5.25. The highest BCUT2D eigenvalue weighted by Crippen LogP contribution is 2.47. The van der Waals surface area contributed by atoms with Crippen molar-refractivity contribution >= 4 is 17.4 Å². The first-order valence-electron chi connectivity index (χ1n) is 12.1. The van der Waals surface area contributed by atoms with Crippen LogP contribution in [0.1, 0.15) is 56.6 Å². The number of rotatable bonds is 7. The van der Waals surface area contributed by atoms with Crippen LogP contribution in [0.3, 0.4) is 0 Å². The zero-order valence-corrected chi connectivity index (χ0v) is 21.5. The second-order valence-corrected chi connectivity index (χ2v) is 9.44. The van der Waals surface area contributed by atoms with Gasteiger partial charge in [0.25, 0.3) is 5.69 Å². The third-order valence-corrected chi connectivity index (χ3v) is 6.68. The molecular weight excluding hydrogens is 476 g/mol. The zero-order valence-electron chi connectivity index (χ0n) is 21.5. The van der Waals surface area contributed by atoms with E-state index in [4.69, 9.17) is 14.2 Å². The molecule has 2 aromatic carbocycles. The van der Waals surface area contributed by atoms with Crippen LogP contribution < -0.4 is 14.8 Å². The van der Waals surface area contributed by atoms with Gasteiger partial charge in [0.15, 0.2) is 17.3 Å². The van der Waals surface area contributed by atoms with Gasteiger partial charge in [0, 0.05) is 41.4 Å². The van der Waals surface area contributed by atoms with Crippen LogP contribution in [0, 0.1) is 10.1 Å². The van der Waals surface area contributed by atoms with Gasteiger partial charge in [-0.1, -0.05) is 18.2 Å². The molecule has 1 aliphatic carbocycles. The SMILES string of the molecule is COc1ccc([C@@H]2CC(=O)C3=C(C2)NC(C)=C(C(=O)OC(C)C)[C@H]3c2cccc([N+](=O)[O-])c2)cc1OC. The van der Waals surface area contributed by atoms with Crippen molar-refractivity contribution in [3.63, 3.8) is 0 Å². The van der Waals surface area contributed by atoms with Gasteiger partial charge in [-0.05, 0) is 56.4 Å². The van der Waals surface area contributed by atoms with Crippen molar-refractivity contribution in [2.75, 3.05) is 14.2 Å². The van der Waals surface area contributed by atoms with Crippen molar-refractivity contribution in [1.29, 1.82) is 0 Å². The summed E-state index contributed by atoms with van der Waals surface area (Å²) in [7, 11) is 3.13. The predicted molar refractivity (Wildman–Crippen MR) is 136 cm³/mol. The molecule has 1 N–H and O–H groups in total. The third kappa shape index (κ3) is 5.07. The third-order valence-electron chi connectivity index (χ3n) is 6.68. The quantitative estimate of drug-likeness (QED) is 0.319. The Balaban J connectivity index is 1.80. The number of benzene rings is 2. The molecule has 9 nitrogen and oxygen atoms in total. The average molecular weight is 507 g/mol. The summed E-state index contributed by atoms with van der Waals surface area (Å²) in [6, 6.07) is 11.7. The minimum atomic E-state index is -0.777. The highest BCUT2D eigenvalue weighted by atomic mass is 16.6. The maximum absolute atomic E-state index is 13.7. The lowest BCUT2D eigenvalue weighted by molar-refractivity contribution is -0.384. The van der Waals surface area contributed by atoms with Crippen molar-refractivity contribution in [1.82, 2.24) is 5.32 Å². The normalized spacial score (nSPS) is 19.4. The lowest BCUT2D eigenvalue weighted by atomic mass is 9.71. The highest BCUT2D eigenvalue weighted by molar-refractivity contribution is 6.04. The number of carbonyl (C=O) groups is 2. The number of nitro benzene ring substituents is 1. The molecule has 2 aliphatic rings. The van der Waals surface area contributed by atoms with Crippen molar-refractivity contribution in [2.45, 2.75) is 51.6 Å². The van der Waals surface area contributed by atoms with Gasteiger partial charge in [-0.3, -0.25) is 14.9 Å². The van der Waals surface area contributed by atoms with Gasteiger partial charge in [-0.25, -0.2) is 4.79 Å². The predicted octanol–water partition coefficient (Wildman–Crippen LogP) is 4.93. The molecule has 37 heavy (non-hydrogen) atoms. The number of nitro groups is 1. The fraction of sp³-hybridized carbons (Fsp3) is 0.357. The summed E-state index contributed by atoms with van der Waals surface area (Å²) in [5, 5.41) is 14.8. The first kappa shape index (κ1) is 25.9. The van der Waals surface area contributed by atoms with E-state index in [0.29, 0.717) is 40.5 Å². The second-order valence-electron chi connectivity index (χ2n) is 9.44. The van der Waals surface area contributed by atoms with Crippen molar-refractivity contribution < 1.29 is 28.7 Å². The molecule has 0 radical (unpaired) electrons. The Hall–Kier alpha value is -4.14. The molecule has 2 atom stereocenters. The van der Waals surface area contributed by atoms with Crippen LogP contribution in [-0.2, 0) is 14.3 Å². The highest BCUT2D eigenvalue weighted by Gasteiger charge is 2.42. The van der Waals surface area contributed by atoms with Crippen LogP contribution in [0.25, 0.3) is 0 Å². The van der Waals surface area contributed by atoms with E-state index in [9.17, 15) is 19.7 Å². The zero-order chi connectivity index (χ0) is 26.9. The minimum absolute atomic E-state index is 0.112. The summed E-state index contributed by atoms with van der Waals surface area (Å²) in [4.78, 5) is 37.9. The number of nitrogens with zero attached hydrogens (tertiary/aromatic N) is 1. The van der Waals surface area contributed by atoms with Gasteiger partial charge in [0.1, 0.15) is 0 Å². The molecule has 0 bridgehead atoms.